The van der Waals surface area contributed by atoms with Crippen LogP contribution in [0, 0.1) is 0 Å². The molecular formula is C10H10O2S. The average molecular weight is 194 g/mol. The van der Waals surface area contributed by atoms with Crippen molar-refractivity contribution in [3.63, 3.8) is 0 Å². The molecule has 3 heteroatoms. The Morgan fingerprint density at radius 1 is 1.31 bits per heavy atom. The van der Waals surface area contributed by atoms with Gasteiger partial charge in [-0.1, -0.05) is 18.2 Å². The number of aliphatic hydroxyl groups excluding tert-OH is 2. The van der Waals surface area contributed by atoms with Crippen molar-refractivity contribution in [3.8, 4) is 0 Å². The first-order chi connectivity index (χ1) is 6.31. The molecule has 68 valence electrons. The topological polar surface area (TPSA) is 40.5 Å². The van der Waals surface area contributed by atoms with E-state index in [1.165, 1.54) is 11.3 Å². The van der Waals surface area contributed by atoms with Crippen LogP contribution in [-0.4, -0.2) is 16.8 Å². The molecule has 13 heavy (non-hydrogen) atoms. The Morgan fingerprint density at radius 3 is 2.77 bits per heavy atom. The molecule has 0 spiro atoms. The van der Waals surface area contributed by atoms with Gasteiger partial charge in [-0.2, -0.15) is 0 Å². The predicted molar refractivity (Wildman–Crippen MR) is 53.9 cm³/mol. The lowest BCUT2D eigenvalue weighted by Gasteiger charge is -2.00. The van der Waals surface area contributed by atoms with Gasteiger partial charge in [0, 0.05) is 9.58 Å². The second-order valence-corrected chi connectivity index (χ2v) is 4.00. The fraction of sp³-hybridized carbons (Fsp3) is 0.200. The first-order valence-corrected chi connectivity index (χ1v) is 4.90. The van der Waals surface area contributed by atoms with Crippen molar-refractivity contribution in [3.05, 3.63) is 35.2 Å². The van der Waals surface area contributed by atoms with Crippen LogP contribution in [0.3, 0.4) is 0 Å². The van der Waals surface area contributed by atoms with Gasteiger partial charge in [0.25, 0.3) is 0 Å². The molecule has 0 radical (unpaired) electrons. The van der Waals surface area contributed by atoms with E-state index in [-0.39, 0.29) is 6.61 Å². The average Bonchev–Trinajstić information content (AvgIpc) is 2.59. The molecule has 1 atom stereocenters. The molecule has 0 aliphatic rings. The van der Waals surface area contributed by atoms with Gasteiger partial charge in [0.2, 0.25) is 0 Å². The van der Waals surface area contributed by atoms with Gasteiger partial charge in [-0.05, 0) is 17.5 Å². The smallest absolute Gasteiger partial charge is 0.111 e. The maximum Gasteiger partial charge on any atom is 0.111 e. The molecule has 0 fully saturated rings. The summed E-state index contributed by atoms with van der Waals surface area (Å²) in [6.07, 6.45) is -0.739. The Balaban J connectivity index is 2.49. The highest BCUT2D eigenvalue weighted by Gasteiger charge is 2.09. The molecule has 2 rings (SSSR count). The lowest BCUT2D eigenvalue weighted by atomic mass is 10.2. The molecule has 1 aromatic heterocycles. The fourth-order valence-corrected chi connectivity index (χ4v) is 2.30. The quantitative estimate of drug-likeness (QED) is 0.766. The molecule has 0 saturated heterocycles. The summed E-state index contributed by atoms with van der Waals surface area (Å²) in [6.45, 7) is -0.215. The van der Waals surface area contributed by atoms with Gasteiger partial charge < -0.3 is 10.2 Å². The van der Waals surface area contributed by atoms with E-state index in [0.29, 0.717) is 0 Å². The van der Waals surface area contributed by atoms with Crippen LogP contribution in [0.4, 0.5) is 0 Å². The number of aliphatic hydroxyl groups is 2. The van der Waals surface area contributed by atoms with Gasteiger partial charge in [-0.25, -0.2) is 0 Å². The van der Waals surface area contributed by atoms with Crippen molar-refractivity contribution in [2.24, 2.45) is 0 Å². The van der Waals surface area contributed by atoms with E-state index in [1.54, 1.807) is 0 Å². The number of benzene rings is 1. The summed E-state index contributed by atoms with van der Waals surface area (Å²) < 4.78 is 1.14. The number of fused-ring (bicyclic) bond motifs is 1. The molecule has 2 N–H and O–H groups in total. The zero-order valence-electron chi connectivity index (χ0n) is 6.97. The van der Waals surface area contributed by atoms with Crippen molar-refractivity contribution >= 4 is 21.4 Å². The van der Waals surface area contributed by atoms with Crippen LogP contribution in [0.5, 0.6) is 0 Å². The first-order valence-electron chi connectivity index (χ1n) is 4.08. The number of hydrogen-bond acceptors (Lipinski definition) is 3. The molecule has 0 saturated carbocycles. The summed E-state index contributed by atoms with van der Waals surface area (Å²) in [4.78, 5) is 0.823. The van der Waals surface area contributed by atoms with E-state index >= 15 is 0 Å². The molecular weight excluding hydrogens is 184 g/mol. The molecule has 0 aliphatic carbocycles. The van der Waals surface area contributed by atoms with E-state index in [1.807, 2.05) is 30.3 Å². The molecule has 0 amide bonds. The van der Waals surface area contributed by atoms with Gasteiger partial charge in [-0.3, -0.25) is 0 Å². The Labute approximate surface area is 80.1 Å². The third-order valence-electron chi connectivity index (χ3n) is 1.95. The molecule has 1 unspecified atom stereocenters. The van der Waals surface area contributed by atoms with Crippen molar-refractivity contribution in [1.82, 2.24) is 0 Å². The van der Waals surface area contributed by atoms with Crippen LogP contribution in [0.15, 0.2) is 30.3 Å². The summed E-state index contributed by atoms with van der Waals surface area (Å²) in [6, 6.07) is 9.85. The van der Waals surface area contributed by atoms with Gasteiger partial charge >= 0.3 is 0 Å². The van der Waals surface area contributed by atoms with Gasteiger partial charge in [0.1, 0.15) is 6.10 Å². The summed E-state index contributed by atoms with van der Waals surface area (Å²) in [7, 11) is 0. The minimum Gasteiger partial charge on any atom is -0.393 e. The van der Waals surface area contributed by atoms with Crippen LogP contribution in [0.2, 0.25) is 0 Å². The monoisotopic (exact) mass is 194 g/mol. The lowest BCUT2D eigenvalue weighted by molar-refractivity contribution is 0.0984. The van der Waals surface area contributed by atoms with E-state index < -0.39 is 6.10 Å². The third kappa shape index (κ3) is 1.58. The first kappa shape index (κ1) is 8.69. The summed E-state index contributed by atoms with van der Waals surface area (Å²) in [5, 5.41) is 19.3. The molecule has 2 aromatic rings. The second kappa shape index (κ2) is 3.46. The minimum absolute atomic E-state index is 0.215. The van der Waals surface area contributed by atoms with Gasteiger partial charge in [-0.15, -0.1) is 11.3 Å². The van der Waals surface area contributed by atoms with Crippen LogP contribution in [-0.2, 0) is 0 Å². The third-order valence-corrected chi connectivity index (χ3v) is 3.16. The fourth-order valence-electron chi connectivity index (χ4n) is 1.26. The van der Waals surface area contributed by atoms with Crippen molar-refractivity contribution < 1.29 is 10.2 Å². The lowest BCUT2D eigenvalue weighted by Crippen LogP contribution is -1.98. The Morgan fingerprint density at radius 2 is 2.08 bits per heavy atom. The normalized spacial score (nSPS) is 13.4. The number of hydrogen-bond donors (Lipinski definition) is 2. The van der Waals surface area contributed by atoms with Gasteiger partial charge in [0.05, 0.1) is 6.61 Å². The standard InChI is InChI=1S/C10H10O2S/c11-6-8(12)10-5-7-3-1-2-4-9(7)13-10/h1-5,8,11-12H,6H2. The van der Waals surface area contributed by atoms with E-state index in [9.17, 15) is 5.11 Å². The van der Waals surface area contributed by atoms with E-state index in [0.717, 1.165) is 15.0 Å². The summed E-state index contributed by atoms with van der Waals surface area (Å²) in [5.41, 5.74) is 0. The summed E-state index contributed by atoms with van der Waals surface area (Å²) >= 11 is 1.52. The Kier molecular flexibility index (Phi) is 2.31. The van der Waals surface area contributed by atoms with Gasteiger partial charge in [0.15, 0.2) is 0 Å². The van der Waals surface area contributed by atoms with Crippen LogP contribution >= 0.6 is 11.3 Å². The SMILES string of the molecule is OCC(O)c1cc2ccccc2s1. The van der Waals surface area contributed by atoms with E-state index in [2.05, 4.69) is 0 Å². The number of rotatable bonds is 2. The Hall–Kier alpha value is -0.900. The zero-order chi connectivity index (χ0) is 9.26. The van der Waals surface area contributed by atoms with Crippen LogP contribution in [0.1, 0.15) is 11.0 Å². The highest BCUT2D eigenvalue weighted by molar-refractivity contribution is 7.19. The van der Waals surface area contributed by atoms with Crippen LogP contribution < -0.4 is 0 Å². The largest absolute Gasteiger partial charge is 0.393 e. The van der Waals surface area contributed by atoms with Crippen molar-refractivity contribution in [2.45, 2.75) is 6.10 Å². The second-order valence-electron chi connectivity index (χ2n) is 2.88. The Bertz CT molecular complexity index is 375. The van der Waals surface area contributed by atoms with Crippen molar-refractivity contribution in [1.29, 1.82) is 0 Å². The summed E-state index contributed by atoms with van der Waals surface area (Å²) in [5.74, 6) is 0. The molecule has 1 aromatic carbocycles. The highest BCUT2D eigenvalue weighted by atomic mass is 32.1. The maximum absolute atomic E-state index is 9.39. The maximum atomic E-state index is 9.39. The number of thiophene rings is 1. The molecule has 0 bridgehead atoms. The predicted octanol–water partition coefficient (Wildman–Crippen LogP) is 1.93. The molecule has 1 heterocycles. The van der Waals surface area contributed by atoms with Crippen molar-refractivity contribution in [2.75, 3.05) is 6.61 Å². The van der Waals surface area contributed by atoms with E-state index in [4.69, 9.17) is 5.11 Å². The molecule has 0 aliphatic heterocycles. The van der Waals surface area contributed by atoms with Crippen LogP contribution in [0.25, 0.3) is 10.1 Å². The zero-order valence-corrected chi connectivity index (χ0v) is 7.79. The highest BCUT2D eigenvalue weighted by Crippen LogP contribution is 2.29. The minimum atomic E-state index is -0.739. The molecule has 2 nitrogen and oxygen atoms in total.